The third-order valence-electron chi connectivity index (χ3n) is 4.05. The molecule has 0 unspecified atom stereocenters. The lowest BCUT2D eigenvalue weighted by atomic mass is 10.2. The highest BCUT2D eigenvalue weighted by Gasteiger charge is 2.20. The minimum Gasteiger partial charge on any atom is -0.503 e. The van der Waals surface area contributed by atoms with Gasteiger partial charge in [0, 0.05) is 35.6 Å². The molecule has 4 rings (SSSR count). The molecular weight excluding hydrogens is 449 g/mol. The largest absolute Gasteiger partial charge is 0.503 e. The van der Waals surface area contributed by atoms with Gasteiger partial charge in [0.15, 0.2) is 28.2 Å². The summed E-state index contributed by atoms with van der Waals surface area (Å²) in [5.74, 6) is -7.60. The van der Waals surface area contributed by atoms with Crippen LogP contribution in [0.1, 0.15) is 5.56 Å². The zero-order valence-electron chi connectivity index (χ0n) is 14.5. The number of fused-ring (bicyclic) bond motifs is 1. The van der Waals surface area contributed by atoms with Crippen LogP contribution in [-0.4, -0.2) is 19.6 Å². The molecule has 30 heavy (non-hydrogen) atoms. The maximum atomic E-state index is 14.0. The van der Waals surface area contributed by atoms with Gasteiger partial charge in [-0.15, -0.1) is 11.3 Å². The number of aromatic hydroxyl groups is 1. The highest BCUT2D eigenvalue weighted by molar-refractivity contribution is 7.98. The average molecular weight is 457 g/mol. The molecule has 5 nitrogen and oxygen atoms in total. The monoisotopic (exact) mass is 457 g/mol. The first-order chi connectivity index (χ1) is 14.3. The maximum Gasteiger partial charge on any atom is 0.278 e. The van der Waals surface area contributed by atoms with Crippen LogP contribution in [0.3, 0.4) is 0 Å². The molecule has 2 aromatic carbocycles. The van der Waals surface area contributed by atoms with E-state index in [1.54, 1.807) is 0 Å². The Morgan fingerprint density at radius 1 is 1.00 bits per heavy atom. The molecule has 0 fully saturated rings. The summed E-state index contributed by atoms with van der Waals surface area (Å²) in [7, 11) is 0. The molecule has 0 saturated heterocycles. The number of phenolic OH excluding ortho intramolecular Hbond substituents is 1. The highest BCUT2D eigenvalue weighted by atomic mass is 32.2. The van der Waals surface area contributed by atoms with Crippen LogP contribution in [0.15, 0.2) is 39.7 Å². The first-order valence-corrected chi connectivity index (χ1v) is 9.93. The van der Waals surface area contributed by atoms with Gasteiger partial charge in [0.1, 0.15) is 22.2 Å². The third kappa shape index (κ3) is 3.52. The van der Waals surface area contributed by atoms with Gasteiger partial charge in [-0.2, -0.15) is 0 Å². The molecule has 2 aromatic heterocycles. The Bertz CT molecular complexity index is 1310. The Morgan fingerprint density at radius 3 is 2.27 bits per heavy atom. The van der Waals surface area contributed by atoms with Gasteiger partial charge in [-0.1, -0.05) is 11.8 Å². The minimum absolute atomic E-state index is 0.0449. The van der Waals surface area contributed by atoms with Crippen molar-refractivity contribution < 1.29 is 27.1 Å². The number of hydrogen-bond donors (Lipinski definition) is 1. The predicted octanol–water partition coefficient (Wildman–Crippen LogP) is 4.54. The molecule has 154 valence electrons. The minimum atomic E-state index is -1.31. The highest BCUT2D eigenvalue weighted by Crippen LogP contribution is 2.30. The van der Waals surface area contributed by atoms with E-state index in [1.807, 2.05) is 0 Å². The predicted molar refractivity (Wildman–Crippen MR) is 100 cm³/mol. The second kappa shape index (κ2) is 7.69. The molecule has 0 aliphatic carbocycles. The van der Waals surface area contributed by atoms with E-state index in [-0.39, 0.29) is 21.2 Å². The fourth-order valence-electron chi connectivity index (χ4n) is 2.65. The number of aromatic nitrogens is 3. The van der Waals surface area contributed by atoms with Crippen LogP contribution in [0.2, 0.25) is 0 Å². The zero-order chi connectivity index (χ0) is 21.6. The number of phenols is 1. The Morgan fingerprint density at radius 2 is 1.63 bits per heavy atom. The molecule has 4 aromatic rings. The standard InChI is InChI=1S/C18H8F5N3O2S2/c19-7-1-10(20)9(11(21)2-7)5-29-18-25-16-15(30-6-24-16)17(28)26(18)8-3-12(22)14(27)13(23)4-8/h1-4,6,27H,5H2. The lowest BCUT2D eigenvalue weighted by molar-refractivity contribution is 0.395. The fraction of sp³-hybridized carbons (Fsp3) is 0.0556. The van der Waals surface area contributed by atoms with Gasteiger partial charge >= 0.3 is 0 Å². The Hall–Kier alpha value is -2.99. The molecule has 2 heterocycles. The van der Waals surface area contributed by atoms with Crippen LogP contribution in [0.5, 0.6) is 5.75 Å². The van der Waals surface area contributed by atoms with E-state index in [2.05, 4.69) is 9.97 Å². The molecule has 1 N–H and O–H groups in total. The second-order valence-corrected chi connectivity index (χ2v) is 7.73. The maximum absolute atomic E-state index is 14.0. The molecule has 0 saturated carbocycles. The van der Waals surface area contributed by atoms with Gasteiger partial charge in [0.2, 0.25) is 0 Å². The van der Waals surface area contributed by atoms with Gasteiger partial charge < -0.3 is 5.11 Å². The Labute approximate surface area is 172 Å². The van der Waals surface area contributed by atoms with Gasteiger partial charge in [-0.3, -0.25) is 9.36 Å². The topological polar surface area (TPSA) is 68.0 Å². The zero-order valence-corrected chi connectivity index (χ0v) is 16.1. The van der Waals surface area contributed by atoms with Crippen molar-refractivity contribution in [3.05, 3.63) is 74.8 Å². The van der Waals surface area contributed by atoms with Crippen LogP contribution < -0.4 is 5.56 Å². The summed E-state index contributed by atoms with van der Waals surface area (Å²) in [6, 6.07) is 2.45. The summed E-state index contributed by atoms with van der Waals surface area (Å²) in [5.41, 5.74) is -0.0883. The van der Waals surface area contributed by atoms with Crippen molar-refractivity contribution in [2.45, 2.75) is 10.9 Å². The molecule has 0 atom stereocenters. The van der Waals surface area contributed by atoms with Gasteiger partial charge in [0.25, 0.3) is 5.56 Å². The van der Waals surface area contributed by atoms with E-state index in [0.717, 1.165) is 28.0 Å². The summed E-state index contributed by atoms with van der Waals surface area (Å²) in [4.78, 5) is 20.9. The second-order valence-electron chi connectivity index (χ2n) is 5.93. The SMILES string of the molecule is O=c1c2scnc2nc(SCc2c(F)cc(F)cc2F)n1-c1cc(F)c(O)c(F)c1. The smallest absolute Gasteiger partial charge is 0.278 e. The van der Waals surface area contributed by atoms with Crippen LogP contribution in [-0.2, 0) is 5.75 Å². The van der Waals surface area contributed by atoms with E-state index in [4.69, 9.17) is 0 Å². The lowest BCUT2D eigenvalue weighted by Gasteiger charge is -2.13. The first kappa shape index (κ1) is 20.3. The van der Waals surface area contributed by atoms with E-state index in [1.165, 1.54) is 5.51 Å². The van der Waals surface area contributed by atoms with Gasteiger partial charge in [0.05, 0.1) is 11.2 Å². The molecule has 0 spiro atoms. The number of thiazole rings is 1. The van der Waals surface area contributed by atoms with Crippen molar-refractivity contribution in [1.29, 1.82) is 0 Å². The van der Waals surface area contributed by atoms with Gasteiger partial charge in [-0.05, 0) is 0 Å². The van der Waals surface area contributed by atoms with Crippen LogP contribution in [0.4, 0.5) is 22.0 Å². The number of nitrogens with zero attached hydrogens (tertiary/aromatic N) is 3. The molecule has 0 aliphatic rings. The van der Waals surface area contributed by atoms with Gasteiger partial charge in [-0.25, -0.2) is 31.9 Å². The van der Waals surface area contributed by atoms with Crippen molar-refractivity contribution in [2.75, 3.05) is 0 Å². The summed E-state index contributed by atoms with van der Waals surface area (Å²) in [5, 5.41) is 9.15. The van der Waals surface area contributed by atoms with E-state index >= 15 is 0 Å². The lowest BCUT2D eigenvalue weighted by Crippen LogP contribution is -2.21. The first-order valence-electron chi connectivity index (χ1n) is 8.07. The summed E-state index contributed by atoms with van der Waals surface area (Å²) in [6.07, 6.45) is 0. The molecule has 0 bridgehead atoms. The van der Waals surface area contributed by atoms with Crippen LogP contribution >= 0.6 is 23.1 Å². The Kier molecular flexibility index (Phi) is 5.20. The van der Waals surface area contributed by atoms with Crippen molar-refractivity contribution in [3.8, 4) is 11.4 Å². The molecule has 12 heteroatoms. The number of benzene rings is 2. The van der Waals surface area contributed by atoms with E-state index < -0.39 is 51.7 Å². The third-order valence-corrected chi connectivity index (χ3v) is 5.82. The van der Waals surface area contributed by atoms with Crippen molar-refractivity contribution in [1.82, 2.24) is 14.5 Å². The van der Waals surface area contributed by atoms with Crippen molar-refractivity contribution in [2.24, 2.45) is 0 Å². The quantitative estimate of drug-likeness (QED) is 0.277. The normalized spacial score (nSPS) is 11.4. The fourth-order valence-corrected chi connectivity index (χ4v) is 4.32. The number of rotatable bonds is 4. The number of hydrogen-bond acceptors (Lipinski definition) is 6. The van der Waals surface area contributed by atoms with Crippen molar-refractivity contribution in [3.63, 3.8) is 0 Å². The number of halogens is 5. The molecular formula is C18H8F5N3O2S2. The Balaban J connectivity index is 1.86. The van der Waals surface area contributed by atoms with Crippen LogP contribution in [0.25, 0.3) is 16.0 Å². The van der Waals surface area contributed by atoms with E-state index in [9.17, 15) is 31.9 Å². The summed E-state index contributed by atoms with van der Waals surface area (Å²) < 4.78 is 69.7. The summed E-state index contributed by atoms with van der Waals surface area (Å²) >= 11 is 1.63. The molecule has 0 aliphatic heterocycles. The summed E-state index contributed by atoms with van der Waals surface area (Å²) in [6.45, 7) is 0. The van der Waals surface area contributed by atoms with Crippen molar-refractivity contribution >= 4 is 33.4 Å². The molecule has 0 amide bonds. The number of thioether (sulfide) groups is 1. The van der Waals surface area contributed by atoms with Crippen LogP contribution in [0, 0.1) is 29.1 Å². The average Bonchev–Trinajstić information content (AvgIpc) is 3.14. The van der Waals surface area contributed by atoms with E-state index in [0.29, 0.717) is 23.9 Å². The molecule has 0 radical (unpaired) electrons.